The highest BCUT2D eigenvalue weighted by molar-refractivity contribution is 7.88. The lowest BCUT2D eigenvalue weighted by atomic mass is 9.70. The van der Waals surface area contributed by atoms with E-state index < -0.39 is 15.4 Å². The third kappa shape index (κ3) is 3.04. The van der Waals surface area contributed by atoms with Crippen molar-refractivity contribution in [3.05, 3.63) is 47.6 Å². The molecule has 0 bridgehead atoms. The van der Waals surface area contributed by atoms with Gasteiger partial charge in [-0.15, -0.1) is 0 Å². The van der Waals surface area contributed by atoms with Crippen LogP contribution in [0, 0.1) is 5.41 Å². The molecule has 2 aromatic rings. The molecule has 1 aromatic heterocycles. The van der Waals surface area contributed by atoms with E-state index in [-0.39, 0.29) is 17.2 Å². The van der Waals surface area contributed by atoms with Crippen molar-refractivity contribution in [3.63, 3.8) is 0 Å². The first-order valence-corrected chi connectivity index (χ1v) is 12.8. The quantitative estimate of drug-likeness (QED) is 0.701. The number of carbonyl (C=O) groups excluding carboxylic acids is 1. The van der Waals surface area contributed by atoms with Crippen LogP contribution in [0.25, 0.3) is 0 Å². The molecule has 0 N–H and O–H groups in total. The molecule has 4 fully saturated rings. The first-order chi connectivity index (χ1) is 14.8. The normalized spacial score (nSPS) is 26.7. The fraction of sp³-hybridized carbons (Fsp3) is 0.591. The standard InChI is InChI=1S/C22H26N4O4S/c1-31(28,29)26-11-17(19-23-18(24-30-19)15-7-8-15)21(14-26)12-25(13-21)20(27)22(9-10-22)16-5-3-2-4-6-16/h2-6,15,17H,7-14H2,1H3. The number of sulfonamides is 1. The third-order valence-electron chi connectivity index (χ3n) is 7.57. The molecule has 3 heterocycles. The van der Waals surface area contributed by atoms with E-state index in [1.54, 1.807) is 0 Å². The van der Waals surface area contributed by atoms with Crippen LogP contribution in [0.5, 0.6) is 0 Å². The molecule has 1 aromatic carbocycles. The Morgan fingerprint density at radius 2 is 1.84 bits per heavy atom. The Labute approximate surface area is 181 Å². The van der Waals surface area contributed by atoms with Crippen molar-refractivity contribution in [1.82, 2.24) is 19.3 Å². The number of carbonyl (C=O) groups is 1. The summed E-state index contributed by atoms with van der Waals surface area (Å²) in [5, 5.41) is 4.14. The van der Waals surface area contributed by atoms with Crippen LogP contribution in [-0.4, -0.2) is 66.1 Å². The first-order valence-electron chi connectivity index (χ1n) is 10.9. The maximum Gasteiger partial charge on any atom is 0.233 e. The molecule has 1 unspecified atom stereocenters. The van der Waals surface area contributed by atoms with E-state index in [2.05, 4.69) is 10.1 Å². The zero-order chi connectivity index (χ0) is 21.4. The summed E-state index contributed by atoms with van der Waals surface area (Å²) in [6.07, 6.45) is 5.13. The van der Waals surface area contributed by atoms with Crippen molar-refractivity contribution in [2.45, 2.75) is 42.9 Å². The lowest BCUT2D eigenvalue weighted by Gasteiger charge is -2.51. The largest absolute Gasteiger partial charge is 0.341 e. The lowest BCUT2D eigenvalue weighted by molar-refractivity contribution is -0.146. The Morgan fingerprint density at radius 3 is 2.45 bits per heavy atom. The van der Waals surface area contributed by atoms with Gasteiger partial charge in [0.25, 0.3) is 0 Å². The van der Waals surface area contributed by atoms with Crippen LogP contribution >= 0.6 is 0 Å². The van der Waals surface area contributed by atoms with Gasteiger partial charge < -0.3 is 9.42 Å². The number of rotatable bonds is 5. The first kappa shape index (κ1) is 19.4. The average Bonchev–Trinajstić information content (AvgIpc) is 3.63. The molecule has 2 saturated carbocycles. The molecule has 9 heteroatoms. The molecule has 2 aliphatic carbocycles. The molecule has 31 heavy (non-hydrogen) atoms. The number of hydrogen-bond acceptors (Lipinski definition) is 6. The van der Waals surface area contributed by atoms with Crippen molar-refractivity contribution < 1.29 is 17.7 Å². The van der Waals surface area contributed by atoms with Gasteiger partial charge in [-0.1, -0.05) is 35.5 Å². The highest BCUT2D eigenvalue weighted by Gasteiger charge is 2.63. The number of nitrogens with zero attached hydrogens (tertiary/aromatic N) is 4. The van der Waals surface area contributed by atoms with Crippen LogP contribution in [0.4, 0.5) is 0 Å². The number of aromatic nitrogens is 2. The Hall–Kier alpha value is -2.26. The van der Waals surface area contributed by atoms with Gasteiger partial charge in [0.05, 0.1) is 17.6 Å². The van der Waals surface area contributed by atoms with Crippen LogP contribution in [0.15, 0.2) is 34.9 Å². The summed E-state index contributed by atoms with van der Waals surface area (Å²) in [6, 6.07) is 9.98. The number of likely N-dealkylation sites (tertiary alicyclic amines) is 1. The summed E-state index contributed by atoms with van der Waals surface area (Å²) in [5.41, 5.74) is 0.309. The van der Waals surface area contributed by atoms with Gasteiger partial charge in [0.15, 0.2) is 5.82 Å². The summed E-state index contributed by atoms with van der Waals surface area (Å²) >= 11 is 0. The molecule has 2 aliphatic heterocycles. The fourth-order valence-corrected chi connectivity index (χ4v) is 6.31. The van der Waals surface area contributed by atoms with Gasteiger partial charge in [0, 0.05) is 37.5 Å². The Bertz CT molecular complexity index is 1130. The topological polar surface area (TPSA) is 96.6 Å². The number of amides is 1. The summed E-state index contributed by atoms with van der Waals surface area (Å²) in [5.74, 6) is 1.60. The minimum Gasteiger partial charge on any atom is -0.341 e. The fourth-order valence-electron chi connectivity index (χ4n) is 5.40. The SMILES string of the molecule is CS(=O)(=O)N1CC(c2nc(C3CC3)no2)C2(CN(C(=O)C3(c4ccccc4)CC3)C2)C1. The number of hydrogen-bond donors (Lipinski definition) is 0. The van der Waals surface area contributed by atoms with Crippen LogP contribution in [0.3, 0.4) is 0 Å². The zero-order valence-corrected chi connectivity index (χ0v) is 18.3. The minimum absolute atomic E-state index is 0.157. The Morgan fingerprint density at radius 1 is 1.13 bits per heavy atom. The van der Waals surface area contributed by atoms with E-state index in [1.165, 1.54) is 10.6 Å². The molecule has 1 amide bonds. The van der Waals surface area contributed by atoms with Gasteiger partial charge >= 0.3 is 0 Å². The second kappa shape index (κ2) is 6.38. The summed E-state index contributed by atoms with van der Waals surface area (Å²) in [6.45, 7) is 1.77. The van der Waals surface area contributed by atoms with Crippen LogP contribution < -0.4 is 0 Å². The lowest BCUT2D eigenvalue weighted by Crippen LogP contribution is -2.63. The third-order valence-corrected chi connectivity index (χ3v) is 8.78. The highest BCUT2D eigenvalue weighted by Crippen LogP contribution is 2.55. The zero-order valence-electron chi connectivity index (χ0n) is 17.5. The molecule has 2 saturated heterocycles. The second-order valence-corrected chi connectivity index (χ2v) is 11.8. The van der Waals surface area contributed by atoms with E-state index in [0.29, 0.717) is 38.0 Å². The highest BCUT2D eigenvalue weighted by atomic mass is 32.2. The van der Waals surface area contributed by atoms with E-state index >= 15 is 0 Å². The summed E-state index contributed by atoms with van der Waals surface area (Å²) < 4.78 is 31.7. The van der Waals surface area contributed by atoms with Gasteiger partial charge in [0.2, 0.25) is 21.8 Å². The molecule has 8 nitrogen and oxygen atoms in total. The number of benzene rings is 1. The molecular weight excluding hydrogens is 416 g/mol. The molecule has 6 rings (SSSR count). The minimum atomic E-state index is -3.34. The van der Waals surface area contributed by atoms with Crippen molar-refractivity contribution >= 4 is 15.9 Å². The smallest absolute Gasteiger partial charge is 0.233 e. The van der Waals surface area contributed by atoms with E-state index in [0.717, 1.165) is 37.1 Å². The molecule has 4 aliphatic rings. The molecule has 164 valence electrons. The predicted octanol–water partition coefficient (Wildman–Crippen LogP) is 1.87. The Kier molecular flexibility index (Phi) is 4.00. The van der Waals surface area contributed by atoms with Gasteiger partial charge in [-0.3, -0.25) is 4.79 Å². The van der Waals surface area contributed by atoms with Gasteiger partial charge in [-0.05, 0) is 31.2 Å². The van der Waals surface area contributed by atoms with Gasteiger partial charge in [-0.2, -0.15) is 4.98 Å². The van der Waals surface area contributed by atoms with Gasteiger partial charge in [-0.25, -0.2) is 12.7 Å². The van der Waals surface area contributed by atoms with Crippen LogP contribution in [0.1, 0.15) is 54.8 Å². The monoisotopic (exact) mass is 442 g/mol. The average molecular weight is 443 g/mol. The Balaban J connectivity index is 1.25. The second-order valence-electron chi connectivity index (χ2n) is 9.84. The van der Waals surface area contributed by atoms with Gasteiger partial charge in [0.1, 0.15) is 0 Å². The van der Waals surface area contributed by atoms with Crippen LogP contribution in [0.2, 0.25) is 0 Å². The maximum absolute atomic E-state index is 13.4. The van der Waals surface area contributed by atoms with E-state index in [9.17, 15) is 13.2 Å². The molecule has 1 atom stereocenters. The van der Waals surface area contributed by atoms with Crippen LogP contribution in [-0.2, 0) is 20.2 Å². The molecular formula is C22H26N4O4S. The predicted molar refractivity (Wildman–Crippen MR) is 112 cm³/mol. The summed E-state index contributed by atoms with van der Waals surface area (Å²) in [4.78, 5) is 19.9. The summed E-state index contributed by atoms with van der Waals surface area (Å²) in [7, 11) is -3.34. The van der Waals surface area contributed by atoms with Crippen molar-refractivity contribution in [2.75, 3.05) is 32.4 Å². The van der Waals surface area contributed by atoms with Crippen molar-refractivity contribution in [1.29, 1.82) is 0 Å². The maximum atomic E-state index is 13.4. The van der Waals surface area contributed by atoms with E-state index in [1.807, 2.05) is 35.2 Å². The molecule has 1 spiro atoms. The van der Waals surface area contributed by atoms with E-state index in [4.69, 9.17) is 4.52 Å². The van der Waals surface area contributed by atoms with Crippen molar-refractivity contribution in [3.8, 4) is 0 Å². The van der Waals surface area contributed by atoms with Crippen molar-refractivity contribution in [2.24, 2.45) is 5.41 Å². The molecule has 0 radical (unpaired) electrons.